The predicted octanol–water partition coefficient (Wildman–Crippen LogP) is 5.32. The number of carbonyl (C=O) groups is 2. The third kappa shape index (κ3) is 4.83. The maximum absolute atomic E-state index is 13.3. The van der Waals surface area contributed by atoms with E-state index < -0.39 is 0 Å². The number of benzene rings is 2. The predicted molar refractivity (Wildman–Crippen MR) is 125 cm³/mol. The molecule has 0 spiro atoms. The summed E-state index contributed by atoms with van der Waals surface area (Å²) in [4.78, 5) is 32.1. The third-order valence-electron chi connectivity index (χ3n) is 5.51. The minimum absolute atomic E-state index is 0. The van der Waals surface area contributed by atoms with Gasteiger partial charge in [-0.3, -0.25) is 14.6 Å². The fourth-order valence-electron chi connectivity index (χ4n) is 4.00. The number of hydrogen-bond acceptors (Lipinski definition) is 5. The van der Waals surface area contributed by atoms with E-state index in [1.165, 1.54) is 0 Å². The first-order chi connectivity index (χ1) is 14.6. The van der Waals surface area contributed by atoms with Gasteiger partial charge in [0.25, 0.3) is 0 Å². The first-order valence-electron chi connectivity index (χ1n) is 10.2. The van der Waals surface area contributed by atoms with Gasteiger partial charge in [-0.2, -0.15) is 0 Å². The van der Waals surface area contributed by atoms with Gasteiger partial charge in [0.1, 0.15) is 0 Å². The molecular formula is C24H24Cl2N2O3. The number of anilines is 1. The summed E-state index contributed by atoms with van der Waals surface area (Å²) in [6, 6.07) is 14.7. The summed E-state index contributed by atoms with van der Waals surface area (Å²) in [5, 5.41) is 1.44. The van der Waals surface area contributed by atoms with E-state index in [4.69, 9.17) is 16.3 Å². The highest BCUT2D eigenvalue weighted by molar-refractivity contribution is 6.31. The fraction of sp³-hybridized carbons (Fsp3) is 0.292. The lowest BCUT2D eigenvalue weighted by Gasteiger charge is -2.34. The van der Waals surface area contributed by atoms with E-state index in [0.717, 1.165) is 16.6 Å². The third-order valence-corrected chi connectivity index (χ3v) is 5.75. The van der Waals surface area contributed by atoms with Crippen LogP contribution in [0.5, 0.6) is 0 Å². The number of hydrogen-bond donors (Lipinski definition) is 0. The van der Waals surface area contributed by atoms with E-state index in [-0.39, 0.29) is 30.1 Å². The summed E-state index contributed by atoms with van der Waals surface area (Å²) in [7, 11) is 0. The number of halogens is 2. The van der Waals surface area contributed by atoms with E-state index in [2.05, 4.69) is 9.88 Å². The van der Waals surface area contributed by atoms with Crippen LogP contribution in [0.2, 0.25) is 5.02 Å². The van der Waals surface area contributed by atoms with Crippen LogP contribution in [0.15, 0.2) is 54.7 Å². The van der Waals surface area contributed by atoms with Crippen LogP contribution in [0.25, 0.3) is 10.9 Å². The van der Waals surface area contributed by atoms with E-state index in [9.17, 15) is 9.59 Å². The molecule has 3 aromatic rings. The smallest absolute Gasteiger partial charge is 0.309 e. The van der Waals surface area contributed by atoms with Gasteiger partial charge in [0.05, 0.1) is 29.3 Å². The Morgan fingerprint density at radius 3 is 2.52 bits per heavy atom. The molecule has 2 heterocycles. The lowest BCUT2D eigenvalue weighted by atomic mass is 9.94. The SMILES string of the molecule is CCOC(=O)C1CCN(c2c(C(=O)c3ccccc3)cnc3ccc(Cl)cc23)CC1.Cl. The maximum atomic E-state index is 13.3. The monoisotopic (exact) mass is 458 g/mol. The number of ketones is 1. The maximum Gasteiger partial charge on any atom is 0.309 e. The molecule has 0 radical (unpaired) electrons. The van der Waals surface area contributed by atoms with Crippen LogP contribution in [-0.2, 0) is 9.53 Å². The zero-order chi connectivity index (χ0) is 21.1. The molecule has 0 amide bonds. The van der Waals surface area contributed by atoms with Crippen molar-refractivity contribution in [2.45, 2.75) is 19.8 Å². The van der Waals surface area contributed by atoms with Gasteiger partial charge in [-0.1, -0.05) is 41.9 Å². The van der Waals surface area contributed by atoms with Crippen LogP contribution in [0.4, 0.5) is 5.69 Å². The Morgan fingerprint density at radius 2 is 1.84 bits per heavy atom. The second-order valence-electron chi connectivity index (χ2n) is 7.39. The van der Waals surface area contributed by atoms with Crippen molar-refractivity contribution in [3.05, 3.63) is 70.9 Å². The summed E-state index contributed by atoms with van der Waals surface area (Å²) in [5.74, 6) is -0.320. The Bertz CT molecular complexity index is 1080. The van der Waals surface area contributed by atoms with Crippen molar-refractivity contribution in [3.8, 4) is 0 Å². The van der Waals surface area contributed by atoms with Crippen LogP contribution in [-0.4, -0.2) is 36.4 Å². The lowest BCUT2D eigenvalue weighted by Crippen LogP contribution is -2.38. The van der Waals surface area contributed by atoms with Crippen molar-refractivity contribution in [1.82, 2.24) is 4.98 Å². The quantitative estimate of drug-likeness (QED) is 0.382. The van der Waals surface area contributed by atoms with Gasteiger partial charge in [0.15, 0.2) is 5.78 Å². The molecule has 7 heteroatoms. The van der Waals surface area contributed by atoms with Crippen LogP contribution >= 0.6 is 24.0 Å². The molecule has 0 atom stereocenters. The largest absolute Gasteiger partial charge is 0.466 e. The summed E-state index contributed by atoms with van der Waals surface area (Å²) in [5.41, 5.74) is 2.78. The fourth-order valence-corrected chi connectivity index (χ4v) is 4.17. The van der Waals surface area contributed by atoms with Crippen molar-refractivity contribution in [2.24, 2.45) is 5.92 Å². The first kappa shape index (κ1) is 23.0. The highest BCUT2D eigenvalue weighted by atomic mass is 35.5. The normalized spacial score (nSPS) is 14.2. The second-order valence-corrected chi connectivity index (χ2v) is 7.83. The van der Waals surface area contributed by atoms with Gasteiger partial charge < -0.3 is 9.64 Å². The first-order valence-corrected chi connectivity index (χ1v) is 10.6. The van der Waals surface area contributed by atoms with Crippen LogP contribution in [0.3, 0.4) is 0 Å². The van der Waals surface area contributed by atoms with Gasteiger partial charge >= 0.3 is 5.97 Å². The minimum atomic E-state index is -0.139. The highest BCUT2D eigenvalue weighted by Crippen LogP contribution is 2.35. The van der Waals surface area contributed by atoms with Crippen molar-refractivity contribution in [3.63, 3.8) is 0 Å². The lowest BCUT2D eigenvalue weighted by molar-refractivity contribution is -0.148. The zero-order valence-corrected chi connectivity index (χ0v) is 18.8. The Balaban J connectivity index is 0.00000272. The van der Waals surface area contributed by atoms with Gasteiger partial charge in [0, 0.05) is 35.3 Å². The number of pyridine rings is 1. The summed E-state index contributed by atoms with van der Waals surface area (Å²) in [6.07, 6.45) is 3.02. The molecule has 0 aliphatic carbocycles. The topological polar surface area (TPSA) is 59.5 Å². The van der Waals surface area contributed by atoms with Crippen LogP contribution in [0.1, 0.15) is 35.7 Å². The standard InChI is InChI=1S/C24H23ClN2O3.ClH/c1-2-30-24(29)17-10-12-27(13-11-17)22-19-14-18(25)8-9-21(19)26-15-20(22)23(28)16-6-4-3-5-7-16;/h3-9,14-15,17H,2,10-13H2,1H3;1H. The Morgan fingerprint density at radius 1 is 1.13 bits per heavy atom. The molecule has 0 unspecified atom stereocenters. The molecule has 1 saturated heterocycles. The number of ether oxygens (including phenoxy) is 1. The number of nitrogens with zero attached hydrogens (tertiary/aromatic N) is 2. The highest BCUT2D eigenvalue weighted by Gasteiger charge is 2.29. The number of piperidine rings is 1. The van der Waals surface area contributed by atoms with Gasteiger partial charge in [-0.15, -0.1) is 12.4 Å². The molecule has 1 fully saturated rings. The molecule has 1 aromatic heterocycles. The zero-order valence-electron chi connectivity index (χ0n) is 17.2. The summed E-state index contributed by atoms with van der Waals surface area (Å²) in [6.45, 7) is 3.53. The molecular weight excluding hydrogens is 435 g/mol. The molecule has 1 aliphatic heterocycles. The van der Waals surface area contributed by atoms with Crippen molar-refractivity contribution in [1.29, 1.82) is 0 Å². The van der Waals surface area contributed by atoms with E-state index in [1.807, 2.05) is 37.3 Å². The molecule has 2 aromatic carbocycles. The van der Waals surface area contributed by atoms with Gasteiger partial charge in [-0.05, 0) is 38.0 Å². The average Bonchev–Trinajstić information content (AvgIpc) is 2.78. The molecule has 5 nitrogen and oxygen atoms in total. The van der Waals surface area contributed by atoms with Crippen LogP contribution < -0.4 is 4.90 Å². The number of aromatic nitrogens is 1. The van der Waals surface area contributed by atoms with E-state index in [1.54, 1.807) is 24.4 Å². The van der Waals surface area contributed by atoms with Gasteiger partial charge in [-0.25, -0.2) is 0 Å². The molecule has 162 valence electrons. The summed E-state index contributed by atoms with van der Waals surface area (Å²) < 4.78 is 5.19. The molecule has 0 bridgehead atoms. The average molecular weight is 459 g/mol. The number of rotatable bonds is 5. The van der Waals surface area contributed by atoms with E-state index in [0.29, 0.717) is 48.7 Å². The second kappa shape index (κ2) is 10.1. The van der Waals surface area contributed by atoms with E-state index >= 15 is 0 Å². The number of esters is 1. The molecule has 4 rings (SSSR count). The molecule has 0 N–H and O–H groups in total. The summed E-state index contributed by atoms with van der Waals surface area (Å²) >= 11 is 6.29. The van der Waals surface area contributed by atoms with Crippen molar-refractivity contribution in [2.75, 3.05) is 24.6 Å². The minimum Gasteiger partial charge on any atom is -0.466 e. The van der Waals surface area contributed by atoms with Crippen molar-refractivity contribution >= 4 is 52.4 Å². The molecule has 0 saturated carbocycles. The number of fused-ring (bicyclic) bond motifs is 1. The Labute approximate surface area is 192 Å². The Hall–Kier alpha value is -2.63. The molecule has 1 aliphatic rings. The Kier molecular flexibility index (Phi) is 7.52. The van der Waals surface area contributed by atoms with Crippen molar-refractivity contribution < 1.29 is 14.3 Å². The van der Waals surface area contributed by atoms with Gasteiger partial charge in [0.2, 0.25) is 0 Å². The van der Waals surface area contributed by atoms with Crippen LogP contribution in [0, 0.1) is 5.92 Å². The molecule has 31 heavy (non-hydrogen) atoms. The number of carbonyl (C=O) groups excluding carboxylic acids is 2.